The molecular weight excluding hydrogens is 292 g/mol. The summed E-state index contributed by atoms with van der Waals surface area (Å²) >= 11 is 0. The average Bonchev–Trinajstić information content (AvgIpc) is 3.01. The molecule has 5 unspecified atom stereocenters. The third-order valence-corrected chi connectivity index (χ3v) is 5.89. The summed E-state index contributed by atoms with van der Waals surface area (Å²) in [6.07, 6.45) is 7.42. The minimum Gasteiger partial charge on any atom is -0.467 e. The van der Waals surface area contributed by atoms with Crippen molar-refractivity contribution in [2.45, 2.75) is 65.0 Å². The van der Waals surface area contributed by atoms with Crippen LogP contribution < -0.4 is 0 Å². The zero-order valence-electron chi connectivity index (χ0n) is 14.3. The van der Waals surface area contributed by atoms with E-state index in [1.165, 1.54) is 32.1 Å². The third kappa shape index (κ3) is 4.17. The lowest BCUT2D eigenvalue weighted by atomic mass is 9.66. The Morgan fingerprint density at radius 1 is 1.30 bits per heavy atom. The Morgan fingerprint density at radius 3 is 2.96 bits per heavy atom. The van der Waals surface area contributed by atoms with Crippen LogP contribution in [0.4, 0.5) is 0 Å². The highest BCUT2D eigenvalue weighted by atomic mass is 16.6. The summed E-state index contributed by atoms with van der Waals surface area (Å²) in [7, 11) is 0. The lowest BCUT2D eigenvalue weighted by Gasteiger charge is -2.41. The molecule has 0 bridgehead atoms. The van der Waals surface area contributed by atoms with Gasteiger partial charge in [-0.1, -0.05) is 19.8 Å². The molecule has 1 aromatic heterocycles. The number of ether oxygens (including phenoxy) is 2. The Kier molecular flexibility index (Phi) is 5.78. The van der Waals surface area contributed by atoms with Gasteiger partial charge in [-0.2, -0.15) is 0 Å². The van der Waals surface area contributed by atoms with Crippen LogP contribution in [0.5, 0.6) is 0 Å². The van der Waals surface area contributed by atoms with Gasteiger partial charge >= 0.3 is 0 Å². The van der Waals surface area contributed by atoms with Gasteiger partial charge in [0, 0.05) is 5.92 Å². The number of aliphatic hydroxyl groups is 1. The van der Waals surface area contributed by atoms with Crippen LogP contribution in [0.15, 0.2) is 22.8 Å². The van der Waals surface area contributed by atoms with Crippen molar-refractivity contribution in [1.29, 1.82) is 0 Å². The van der Waals surface area contributed by atoms with E-state index >= 15 is 0 Å². The second-order valence-electron chi connectivity index (χ2n) is 7.38. The van der Waals surface area contributed by atoms with E-state index in [0.717, 1.165) is 18.3 Å². The molecule has 2 aliphatic rings. The first-order valence-corrected chi connectivity index (χ1v) is 9.08. The molecule has 3 rings (SSSR count). The first-order chi connectivity index (χ1) is 11.1. The molecular formula is C19H30O4. The Bertz CT molecular complexity index is 458. The number of aliphatic hydroxyl groups excluding tert-OH is 1. The lowest BCUT2D eigenvalue weighted by Crippen LogP contribution is -2.39. The summed E-state index contributed by atoms with van der Waals surface area (Å²) in [5, 5.41) is 10.5. The lowest BCUT2D eigenvalue weighted by molar-refractivity contribution is -0.164. The molecule has 1 saturated carbocycles. The van der Waals surface area contributed by atoms with E-state index in [1.807, 2.05) is 12.1 Å². The molecule has 6 atom stereocenters. The van der Waals surface area contributed by atoms with Crippen molar-refractivity contribution in [3.8, 4) is 0 Å². The van der Waals surface area contributed by atoms with E-state index in [9.17, 15) is 5.11 Å². The van der Waals surface area contributed by atoms with Crippen molar-refractivity contribution >= 4 is 0 Å². The molecule has 23 heavy (non-hydrogen) atoms. The Balaban J connectivity index is 1.59. The second kappa shape index (κ2) is 7.82. The summed E-state index contributed by atoms with van der Waals surface area (Å²) in [5.74, 6) is 2.66. The largest absolute Gasteiger partial charge is 0.467 e. The predicted molar refractivity (Wildman–Crippen MR) is 87.6 cm³/mol. The van der Waals surface area contributed by atoms with Crippen LogP contribution in [0.1, 0.15) is 51.7 Å². The van der Waals surface area contributed by atoms with Gasteiger partial charge in [0.2, 0.25) is 0 Å². The molecule has 4 nitrogen and oxygen atoms in total. The van der Waals surface area contributed by atoms with E-state index in [1.54, 1.807) is 6.26 Å². The van der Waals surface area contributed by atoms with E-state index < -0.39 is 6.29 Å². The molecule has 2 fully saturated rings. The van der Waals surface area contributed by atoms with Crippen LogP contribution in [-0.4, -0.2) is 24.1 Å². The van der Waals surface area contributed by atoms with Gasteiger partial charge in [0.25, 0.3) is 0 Å². The topological polar surface area (TPSA) is 51.8 Å². The highest BCUT2D eigenvalue weighted by Gasteiger charge is 2.40. The number of rotatable bonds is 5. The monoisotopic (exact) mass is 322 g/mol. The van der Waals surface area contributed by atoms with Crippen LogP contribution >= 0.6 is 0 Å². The van der Waals surface area contributed by atoms with Crippen molar-refractivity contribution in [1.82, 2.24) is 0 Å². The van der Waals surface area contributed by atoms with Crippen molar-refractivity contribution in [2.24, 2.45) is 23.7 Å². The SMILES string of the molecule is CC(C(O)OCc1ccco1)C1CCCC2CC[C@H](C)OCC21. The van der Waals surface area contributed by atoms with Crippen molar-refractivity contribution in [3.63, 3.8) is 0 Å². The maximum atomic E-state index is 10.5. The highest BCUT2D eigenvalue weighted by molar-refractivity contribution is 4.96. The maximum absolute atomic E-state index is 10.5. The number of hydrogen-bond donors (Lipinski definition) is 1. The number of fused-ring (bicyclic) bond motifs is 1. The van der Waals surface area contributed by atoms with Gasteiger partial charge in [-0.25, -0.2) is 0 Å². The Labute approximate surface area is 139 Å². The Morgan fingerprint density at radius 2 is 2.17 bits per heavy atom. The summed E-state index contributed by atoms with van der Waals surface area (Å²) in [6, 6.07) is 3.71. The maximum Gasteiger partial charge on any atom is 0.157 e. The number of furan rings is 1. The average molecular weight is 322 g/mol. The van der Waals surface area contributed by atoms with Crippen LogP contribution in [0.3, 0.4) is 0 Å². The summed E-state index contributed by atoms with van der Waals surface area (Å²) in [5.41, 5.74) is 0. The van der Waals surface area contributed by atoms with Crippen molar-refractivity contribution in [2.75, 3.05) is 6.61 Å². The molecule has 0 radical (unpaired) electrons. The van der Waals surface area contributed by atoms with Crippen LogP contribution in [0.2, 0.25) is 0 Å². The fourth-order valence-electron chi connectivity index (χ4n) is 4.40. The van der Waals surface area contributed by atoms with Gasteiger partial charge in [0.05, 0.1) is 19.0 Å². The standard InChI is InChI=1S/C19H30O4/c1-13-8-9-15-5-3-7-17(18(15)12-22-13)14(2)19(20)23-11-16-6-4-10-21-16/h4,6,10,13-15,17-20H,3,5,7-9,11-12H2,1-2H3/t13-,14?,15?,17?,18?,19?/m0/s1. The molecule has 0 aromatic carbocycles. The summed E-state index contributed by atoms with van der Waals surface area (Å²) in [6.45, 7) is 5.46. The molecule has 1 aromatic rings. The van der Waals surface area contributed by atoms with E-state index in [-0.39, 0.29) is 5.92 Å². The molecule has 0 spiro atoms. The van der Waals surface area contributed by atoms with Crippen molar-refractivity contribution in [3.05, 3.63) is 24.2 Å². The normalized spacial score (nSPS) is 34.4. The van der Waals surface area contributed by atoms with E-state index in [0.29, 0.717) is 24.5 Å². The van der Waals surface area contributed by atoms with Crippen LogP contribution in [0.25, 0.3) is 0 Å². The van der Waals surface area contributed by atoms with Crippen molar-refractivity contribution < 1.29 is 19.0 Å². The first kappa shape index (κ1) is 17.0. The summed E-state index contributed by atoms with van der Waals surface area (Å²) in [4.78, 5) is 0. The van der Waals surface area contributed by atoms with Crippen LogP contribution in [-0.2, 0) is 16.1 Å². The second-order valence-corrected chi connectivity index (χ2v) is 7.38. The quantitative estimate of drug-likeness (QED) is 0.833. The molecule has 4 heteroatoms. The zero-order chi connectivity index (χ0) is 16.2. The Hall–Kier alpha value is -0.840. The van der Waals surface area contributed by atoms with Gasteiger partial charge < -0.3 is 19.0 Å². The molecule has 2 heterocycles. The van der Waals surface area contributed by atoms with Gasteiger partial charge in [0.15, 0.2) is 6.29 Å². The summed E-state index contributed by atoms with van der Waals surface area (Å²) < 4.78 is 16.9. The molecule has 130 valence electrons. The molecule has 1 aliphatic heterocycles. The van der Waals surface area contributed by atoms with E-state index in [4.69, 9.17) is 13.9 Å². The fourth-order valence-corrected chi connectivity index (χ4v) is 4.40. The van der Waals surface area contributed by atoms with Gasteiger partial charge in [-0.3, -0.25) is 0 Å². The predicted octanol–water partition coefficient (Wildman–Crippen LogP) is 3.98. The highest BCUT2D eigenvalue weighted by Crippen LogP contribution is 2.44. The molecule has 1 saturated heterocycles. The minimum absolute atomic E-state index is 0.120. The first-order valence-electron chi connectivity index (χ1n) is 9.08. The van der Waals surface area contributed by atoms with Gasteiger partial charge in [-0.05, 0) is 56.1 Å². The zero-order valence-corrected chi connectivity index (χ0v) is 14.3. The fraction of sp³-hybridized carbons (Fsp3) is 0.789. The number of hydrogen-bond acceptors (Lipinski definition) is 4. The minimum atomic E-state index is -0.746. The van der Waals surface area contributed by atoms with Gasteiger partial charge in [-0.15, -0.1) is 0 Å². The van der Waals surface area contributed by atoms with E-state index in [2.05, 4.69) is 13.8 Å². The third-order valence-electron chi connectivity index (χ3n) is 5.89. The smallest absolute Gasteiger partial charge is 0.157 e. The van der Waals surface area contributed by atoms with Gasteiger partial charge in [0.1, 0.15) is 12.4 Å². The molecule has 1 N–H and O–H groups in total. The molecule has 1 aliphatic carbocycles. The van der Waals surface area contributed by atoms with Crippen LogP contribution in [0, 0.1) is 23.7 Å². The molecule has 0 amide bonds.